The normalized spacial score (nSPS) is 13.4. The number of nitrogens with zero attached hydrogens (tertiary/aromatic N) is 2. The second-order valence-corrected chi connectivity index (χ2v) is 4.28. The monoisotopic (exact) mass is 308 g/mol. The van der Waals surface area contributed by atoms with Crippen molar-refractivity contribution in [3.8, 4) is 0 Å². The van der Waals surface area contributed by atoms with Crippen LogP contribution in [0.3, 0.4) is 0 Å². The SMILES string of the molecule is OC(Cc1nc(Cc2ccc(F)cc2F)no1)C(F)(F)F. The van der Waals surface area contributed by atoms with Crippen molar-refractivity contribution in [2.24, 2.45) is 0 Å². The highest BCUT2D eigenvalue weighted by molar-refractivity contribution is 5.21. The van der Waals surface area contributed by atoms with E-state index in [0.29, 0.717) is 6.07 Å². The number of hydrogen-bond acceptors (Lipinski definition) is 4. The molecule has 1 heterocycles. The Hall–Kier alpha value is -2.03. The number of benzene rings is 1. The fraction of sp³-hybridized carbons (Fsp3) is 0.333. The summed E-state index contributed by atoms with van der Waals surface area (Å²) in [6.07, 6.45) is -8.47. The molecule has 0 fully saturated rings. The van der Waals surface area contributed by atoms with Crippen LogP contribution in [0.4, 0.5) is 22.0 Å². The second-order valence-electron chi connectivity index (χ2n) is 4.28. The van der Waals surface area contributed by atoms with E-state index >= 15 is 0 Å². The summed E-state index contributed by atoms with van der Waals surface area (Å²) in [7, 11) is 0. The number of aliphatic hydroxyl groups excluding tert-OH is 1. The molecule has 114 valence electrons. The third-order valence-electron chi connectivity index (χ3n) is 2.62. The molecule has 4 nitrogen and oxygen atoms in total. The van der Waals surface area contributed by atoms with Crippen molar-refractivity contribution >= 4 is 0 Å². The summed E-state index contributed by atoms with van der Waals surface area (Å²) in [5, 5.41) is 12.2. The minimum atomic E-state index is -4.79. The van der Waals surface area contributed by atoms with Gasteiger partial charge in [0.15, 0.2) is 11.9 Å². The highest BCUT2D eigenvalue weighted by Gasteiger charge is 2.39. The molecule has 1 N–H and O–H groups in total. The Bertz CT molecular complexity index is 626. The number of alkyl halides is 3. The lowest BCUT2D eigenvalue weighted by Gasteiger charge is -2.11. The molecule has 1 aromatic heterocycles. The second kappa shape index (κ2) is 5.76. The Kier molecular flexibility index (Phi) is 4.21. The quantitative estimate of drug-likeness (QED) is 0.881. The van der Waals surface area contributed by atoms with E-state index in [-0.39, 0.29) is 17.8 Å². The number of aromatic nitrogens is 2. The third-order valence-corrected chi connectivity index (χ3v) is 2.62. The molecule has 0 saturated carbocycles. The Balaban J connectivity index is 2.06. The van der Waals surface area contributed by atoms with E-state index in [1.165, 1.54) is 6.07 Å². The van der Waals surface area contributed by atoms with E-state index in [1.54, 1.807) is 0 Å². The van der Waals surface area contributed by atoms with Crippen LogP contribution >= 0.6 is 0 Å². The molecule has 0 bridgehead atoms. The molecular weight excluding hydrogens is 299 g/mol. The van der Waals surface area contributed by atoms with Gasteiger partial charge in [-0.3, -0.25) is 0 Å². The van der Waals surface area contributed by atoms with Gasteiger partial charge in [-0.25, -0.2) is 8.78 Å². The summed E-state index contributed by atoms with van der Waals surface area (Å²) in [4.78, 5) is 3.62. The zero-order valence-electron chi connectivity index (χ0n) is 10.4. The van der Waals surface area contributed by atoms with Crippen molar-refractivity contribution in [2.45, 2.75) is 25.1 Å². The van der Waals surface area contributed by atoms with Crippen molar-refractivity contribution in [3.63, 3.8) is 0 Å². The zero-order chi connectivity index (χ0) is 15.6. The van der Waals surface area contributed by atoms with Crippen LogP contribution in [0.25, 0.3) is 0 Å². The minimum absolute atomic E-state index is 0.0649. The van der Waals surface area contributed by atoms with Crippen LogP contribution in [0.5, 0.6) is 0 Å². The Morgan fingerprint density at radius 1 is 1.24 bits per heavy atom. The molecular formula is C12H9F5N2O2. The first-order valence-electron chi connectivity index (χ1n) is 5.76. The molecule has 0 aliphatic rings. The predicted octanol–water partition coefficient (Wildman–Crippen LogP) is 2.40. The van der Waals surface area contributed by atoms with E-state index in [1.807, 2.05) is 0 Å². The summed E-state index contributed by atoms with van der Waals surface area (Å²) >= 11 is 0. The maximum Gasteiger partial charge on any atom is 0.414 e. The van der Waals surface area contributed by atoms with Gasteiger partial charge in [-0.05, 0) is 11.6 Å². The molecule has 0 saturated heterocycles. The molecule has 1 aromatic carbocycles. The van der Waals surface area contributed by atoms with Gasteiger partial charge in [0.05, 0.1) is 6.42 Å². The molecule has 21 heavy (non-hydrogen) atoms. The smallest absolute Gasteiger partial charge is 0.383 e. The molecule has 0 aliphatic heterocycles. The Labute approximate surface area is 115 Å². The van der Waals surface area contributed by atoms with Gasteiger partial charge in [-0.15, -0.1) is 0 Å². The Morgan fingerprint density at radius 3 is 2.57 bits per heavy atom. The average Bonchev–Trinajstić information content (AvgIpc) is 2.79. The van der Waals surface area contributed by atoms with E-state index in [4.69, 9.17) is 5.11 Å². The predicted molar refractivity (Wildman–Crippen MR) is 59.2 cm³/mol. The van der Waals surface area contributed by atoms with Gasteiger partial charge in [0.1, 0.15) is 11.6 Å². The van der Waals surface area contributed by atoms with E-state index < -0.39 is 36.2 Å². The van der Waals surface area contributed by atoms with Crippen LogP contribution in [-0.4, -0.2) is 27.5 Å². The number of rotatable bonds is 4. The van der Waals surface area contributed by atoms with Gasteiger partial charge in [0.25, 0.3) is 0 Å². The van der Waals surface area contributed by atoms with Crippen LogP contribution in [-0.2, 0) is 12.8 Å². The van der Waals surface area contributed by atoms with Crippen molar-refractivity contribution in [2.75, 3.05) is 0 Å². The minimum Gasteiger partial charge on any atom is -0.383 e. The lowest BCUT2D eigenvalue weighted by Crippen LogP contribution is -2.30. The molecule has 1 atom stereocenters. The Morgan fingerprint density at radius 2 is 1.95 bits per heavy atom. The van der Waals surface area contributed by atoms with Crippen LogP contribution < -0.4 is 0 Å². The first-order chi connectivity index (χ1) is 9.75. The summed E-state index contributed by atoms with van der Waals surface area (Å²) in [5.41, 5.74) is 0.0696. The summed E-state index contributed by atoms with van der Waals surface area (Å²) in [5.74, 6) is -2.06. The van der Waals surface area contributed by atoms with Crippen LogP contribution in [0, 0.1) is 11.6 Å². The van der Waals surface area contributed by atoms with Crippen molar-refractivity contribution in [1.82, 2.24) is 10.1 Å². The van der Waals surface area contributed by atoms with Crippen molar-refractivity contribution < 1.29 is 31.6 Å². The van der Waals surface area contributed by atoms with Gasteiger partial charge < -0.3 is 9.63 Å². The molecule has 0 amide bonds. The van der Waals surface area contributed by atoms with Crippen LogP contribution in [0.15, 0.2) is 22.7 Å². The fourth-order valence-electron chi connectivity index (χ4n) is 1.56. The van der Waals surface area contributed by atoms with Crippen LogP contribution in [0.1, 0.15) is 17.3 Å². The first-order valence-corrected chi connectivity index (χ1v) is 5.76. The maximum atomic E-state index is 13.4. The van der Waals surface area contributed by atoms with Crippen LogP contribution in [0.2, 0.25) is 0 Å². The zero-order valence-corrected chi connectivity index (χ0v) is 10.4. The van der Waals surface area contributed by atoms with E-state index in [9.17, 15) is 22.0 Å². The molecule has 0 radical (unpaired) electrons. The summed E-state index contributed by atoms with van der Waals surface area (Å²) in [6.45, 7) is 0. The maximum absolute atomic E-state index is 13.4. The van der Waals surface area contributed by atoms with Gasteiger partial charge in [0.2, 0.25) is 5.89 Å². The molecule has 2 aromatic rings. The molecule has 9 heteroatoms. The number of halogens is 5. The number of hydrogen-bond donors (Lipinski definition) is 1. The van der Waals surface area contributed by atoms with Crippen molar-refractivity contribution in [3.05, 3.63) is 47.1 Å². The summed E-state index contributed by atoms with van der Waals surface area (Å²) in [6, 6.07) is 2.88. The van der Waals surface area contributed by atoms with Gasteiger partial charge >= 0.3 is 6.18 Å². The number of aliphatic hydroxyl groups is 1. The van der Waals surface area contributed by atoms with Gasteiger partial charge in [-0.1, -0.05) is 11.2 Å². The molecule has 0 aliphatic carbocycles. The summed E-state index contributed by atoms with van der Waals surface area (Å²) < 4.78 is 67.1. The average molecular weight is 308 g/mol. The van der Waals surface area contributed by atoms with E-state index in [2.05, 4.69) is 14.7 Å². The van der Waals surface area contributed by atoms with Gasteiger partial charge in [-0.2, -0.15) is 18.2 Å². The van der Waals surface area contributed by atoms with Gasteiger partial charge in [0, 0.05) is 12.5 Å². The highest BCUT2D eigenvalue weighted by atomic mass is 19.4. The molecule has 2 rings (SSSR count). The standard InChI is InChI=1S/C12H9F5N2O2/c13-7-2-1-6(8(14)4-7)3-10-18-11(21-19-10)5-9(20)12(15,16)17/h1-2,4,9,20H,3,5H2. The molecule has 1 unspecified atom stereocenters. The lowest BCUT2D eigenvalue weighted by molar-refractivity contribution is -0.204. The van der Waals surface area contributed by atoms with Crippen molar-refractivity contribution in [1.29, 1.82) is 0 Å². The highest BCUT2D eigenvalue weighted by Crippen LogP contribution is 2.22. The first kappa shape index (κ1) is 15.4. The largest absolute Gasteiger partial charge is 0.414 e. The lowest BCUT2D eigenvalue weighted by atomic mass is 10.1. The molecule has 0 spiro atoms. The topological polar surface area (TPSA) is 59.2 Å². The third kappa shape index (κ3) is 3.97. The fourth-order valence-corrected chi connectivity index (χ4v) is 1.56. The van der Waals surface area contributed by atoms with E-state index in [0.717, 1.165) is 6.07 Å².